The molecule has 0 unspecified atom stereocenters. The summed E-state index contributed by atoms with van der Waals surface area (Å²) >= 11 is 6.08. The van der Waals surface area contributed by atoms with E-state index >= 15 is 0 Å². The zero-order chi connectivity index (χ0) is 19.4. The summed E-state index contributed by atoms with van der Waals surface area (Å²) in [4.78, 5) is 12.6. The fraction of sp³-hybridized carbons (Fsp3) is 0.0500. The number of benzene rings is 3. The van der Waals surface area contributed by atoms with Crippen LogP contribution in [0.25, 0.3) is 0 Å². The summed E-state index contributed by atoms with van der Waals surface area (Å²) in [6, 6.07) is 20.0. The van der Waals surface area contributed by atoms with E-state index in [1.807, 2.05) is 30.3 Å². The molecule has 0 aliphatic carbocycles. The van der Waals surface area contributed by atoms with Gasteiger partial charge in [0.05, 0.1) is 15.6 Å². The van der Waals surface area contributed by atoms with E-state index in [2.05, 4.69) is 5.32 Å². The quantitative estimate of drug-likeness (QED) is 0.667. The van der Waals surface area contributed by atoms with E-state index < -0.39 is 15.7 Å². The van der Waals surface area contributed by atoms with Crippen LogP contribution in [0.15, 0.2) is 77.7 Å². The molecule has 0 bridgehead atoms. The lowest BCUT2D eigenvalue weighted by Crippen LogP contribution is -2.12. The number of nitrogens with one attached hydrogen (secondary N) is 1. The fourth-order valence-corrected chi connectivity index (χ4v) is 3.16. The molecule has 0 atom stereocenters. The van der Waals surface area contributed by atoms with Crippen LogP contribution in [0, 0.1) is 0 Å². The number of para-hydroxylation sites is 1. The highest BCUT2D eigenvalue weighted by Crippen LogP contribution is 2.27. The maximum Gasteiger partial charge on any atom is 0.255 e. The molecule has 0 aromatic heterocycles. The first-order chi connectivity index (χ1) is 12.8. The standard InChI is InChI=1S/C20H16ClNO4S/c1-27(24,25)17-10-11-18(21)19(13-17)22-20(23)14-6-5-9-16(12-14)26-15-7-3-2-4-8-15/h2-13H,1H3,(H,22,23). The van der Waals surface area contributed by atoms with Crippen LogP contribution in [0.1, 0.15) is 10.4 Å². The highest BCUT2D eigenvalue weighted by atomic mass is 35.5. The number of rotatable bonds is 5. The number of halogens is 1. The first kappa shape index (κ1) is 18.9. The monoisotopic (exact) mass is 401 g/mol. The van der Waals surface area contributed by atoms with Gasteiger partial charge in [0.15, 0.2) is 9.84 Å². The summed E-state index contributed by atoms with van der Waals surface area (Å²) in [6.45, 7) is 0. The third-order valence-electron chi connectivity index (χ3n) is 3.69. The molecule has 1 amide bonds. The molecular formula is C20H16ClNO4S. The number of amides is 1. The summed E-state index contributed by atoms with van der Waals surface area (Å²) < 4.78 is 29.1. The summed E-state index contributed by atoms with van der Waals surface area (Å²) in [7, 11) is -3.41. The van der Waals surface area contributed by atoms with Gasteiger partial charge >= 0.3 is 0 Å². The number of anilines is 1. The summed E-state index contributed by atoms with van der Waals surface area (Å²) in [5.74, 6) is 0.727. The van der Waals surface area contributed by atoms with Gasteiger partial charge in [-0.3, -0.25) is 4.79 Å². The highest BCUT2D eigenvalue weighted by molar-refractivity contribution is 7.90. The minimum atomic E-state index is -3.41. The second-order valence-corrected chi connectivity index (χ2v) is 8.23. The normalized spacial score (nSPS) is 11.0. The third kappa shape index (κ3) is 4.87. The van der Waals surface area contributed by atoms with Crippen LogP contribution in [-0.4, -0.2) is 20.6 Å². The lowest BCUT2D eigenvalue weighted by atomic mass is 10.2. The average Bonchev–Trinajstić information content (AvgIpc) is 2.63. The van der Waals surface area contributed by atoms with E-state index in [0.717, 1.165) is 6.26 Å². The first-order valence-electron chi connectivity index (χ1n) is 7.97. The lowest BCUT2D eigenvalue weighted by molar-refractivity contribution is 0.102. The van der Waals surface area contributed by atoms with Gasteiger partial charge in [0.2, 0.25) is 0 Å². The van der Waals surface area contributed by atoms with Gasteiger partial charge in [-0.15, -0.1) is 0 Å². The summed E-state index contributed by atoms with van der Waals surface area (Å²) in [5, 5.41) is 2.88. The minimum Gasteiger partial charge on any atom is -0.457 e. The minimum absolute atomic E-state index is 0.0726. The Kier molecular flexibility index (Phi) is 5.48. The van der Waals surface area contributed by atoms with Crippen molar-refractivity contribution in [3.8, 4) is 11.5 Å². The molecule has 27 heavy (non-hydrogen) atoms. The van der Waals surface area contributed by atoms with Crippen LogP contribution in [-0.2, 0) is 9.84 Å². The van der Waals surface area contributed by atoms with E-state index in [4.69, 9.17) is 16.3 Å². The maximum atomic E-state index is 12.6. The predicted molar refractivity (Wildman–Crippen MR) is 105 cm³/mol. The Morgan fingerprint density at radius 1 is 0.926 bits per heavy atom. The molecule has 0 spiro atoms. The molecule has 0 fully saturated rings. The first-order valence-corrected chi connectivity index (χ1v) is 10.2. The van der Waals surface area contributed by atoms with E-state index in [9.17, 15) is 13.2 Å². The van der Waals surface area contributed by atoms with Crippen LogP contribution in [0.2, 0.25) is 5.02 Å². The molecule has 5 nitrogen and oxygen atoms in total. The second kappa shape index (κ2) is 7.82. The molecule has 0 aliphatic rings. The Morgan fingerprint density at radius 2 is 1.63 bits per heavy atom. The smallest absolute Gasteiger partial charge is 0.255 e. The largest absolute Gasteiger partial charge is 0.457 e. The van der Waals surface area contributed by atoms with Crippen LogP contribution in [0.3, 0.4) is 0 Å². The van der Waals surface area contributed by atoms with E-state index in [1.54, 1.807) is 24.3 Å². The van der Waals surface area contributed by atoms with Gasteiger partial charge in [-0.25, -0.2) is 8.42 Å². The molecule has 3 aromatic carbocycles. The highest BCUT2D eigenvalue weighted by Gasteiger charge is 2.14. The van der Waals surface area contributed by atoms with Crippen molar-refractivity contribution in [1.82, 2.24) is 0 Å². The Balaban J connectivity index is 1.82. The van der Waals surface area contributed by atoms with Crippen molar-refractivity contribution in [1.29, 1.82) is 0 Å². The zero-order valence-electron chi connectivity index (χ0n) is 14.3. The molecule has 3 rings (SSSR count). The molecule has 1 N–H and O–H groups in total. The third-order valence-corrected chi connectivity index (χ3v) is 5.13. The van der Waals surface area contributed by atoms with Crippen LogP contribution in [0.5, 0.6) is 11.5 Å². The van der Waals surface area contributed by atoms with Crippen molar-refractivity contribution in [3.05, 3.63) is 83.4 Å². The van der Waals surface area contributed by atoms with Gasteiger partial charge in [-0.1, -0.05) is 35.9 Å². The fourth-order valence-electron chi connectivity index (χ4n) is 2.35. The number of sulfone groups is 1. The van der Waals surface area contributed by atoms with Crippen molar-refractivity contribution in [2.75, 3.05) is 11.6 Å². The average molecular weight is 402 g/mol. The van der Waals surface area contributed by atoms with Gasteiger partial charge in [0.1, 0.15) is 11.5 Å². The molecule has 0 saturated carbocycles. The number of hydrogen-bond donors (Lipinski definition) is 1. The van der Waals surface area contributed by atoms with Crippen molar-refractivity contribution in [2.45, 2.75) is 4.90 Å². The lowest BCUT2D eigenvalue weighted by Gasteiger charge is -2.10. The summed E-state index contributed by atoms with van der Waals surface area (Å²) in [5.41, 5.74) is 0.572. The Morgan fingerprint density at radius 3 is 2.33 bits per heavy atom. The van der Waals surface area contributed by atoms with Crippen LogP contribution < -0.4 is 10.1 Å². The van der Waals surface area contributed by atoms with Gasteiger partial charge in [0, 0.05) is 11.8 Å². The number of carbonyl (C=O) groups is 1. The number of hydrogen-bond acceptors (Lipinski definition) is 4. The molecule has 0 aliphatic heterocycles. The molecule has 0 heterocycles. The van der Waals surface area contributed by atoms with Gasteiger partial charge in [-0.05, 0) is 48.5 Å². The van der Waals surface area contributed by atoms with E-state index in [-0.39, 0.29) is 15.6 Å². The molecule has 138 valence electrons. The van der Waals surface area contributed by atoms with Crippen LogP contribution >= 0.6 is 11.6 Å². The Bertz CT molecular complexity index is 1080. The second-order valence-electron chi connectivity index (χ2n) is 5.81. The van der Waals surface area contributed by atoms with Crippen molar-refractivity contribution >= 4 is 33.0 Å². The molecule has 0 radical (unpaired) electrons. The van der Waals surface area contributed by atoms with Gasteiger partial charge < -0.3 is 10.1 Å². The van der Waals surface area contributed by atoms with E-state index in [0.29, 0.717) is 17.1 Å². The predicted octanol–water partition coefficient (Wildman–Crippen LogP) is 4.79. The van der Waals surface area contributed by atoms with Crippen molar-refractivity contribution < 1.29 is 17.9 Å². The SMILES string of the molecule is CS(=O)(=O)c1ccc(Cl)c(NC(=O)c2cccc(Oc3ccccc3)c2)c1. The molecule has 7 heteroatoms. The zero-order valence-corrected chi connectivity index (χ0v) is 15.9. The Labute approximate surface area is 162 Å². The van der Waals surface area contributed by atoms with Gasteiger partial charge in [0.25, 0.3) is 5.91 Å². The number of ether oxygens (including phenoxy) is 1. The van der Waals surface area contributed by atoms with Crippen molar-refractivity contribution in [3.63, 3.8) is 0 Å². The maximum absolute atomic E-state index is 12.6. The molecular weight excluding hydrogens is 386 g/mol. The summed E-state index contributed by atoms with van der Waals surface area (Å²) in [6.07, 6.45) is 1.09. The molecule has 0 saturated heterocycles. The van der Waals surface area contributed by atoms with Crippen LogP contribution in [0.4, 0.5) is 5.69 Å². The Hall–Kier alpha value is -2.83. The molecule has 3 aromatic rings. The van der Waals surface area contributed by atoms with E-state index in [1.165, 1.54) is 18.2 Å². The van der Waals surface area contributed by atoms with Crippen molar-refractivity contribution in [2.24, 2.45) is 0 Å². The topological polar surface area (TPSA) is 72.5 Å². The van der Waals surface area contributed by atoms with Gasteiger partial charge in [-0.2, -0.15) is 0 Å². The number of carbonyl (C=O) groups excluding carboxylic acids is 1.